The lowest BCUT2D eigenvalue weighted by molar-refractivity contribution is -0.144. The molecule has 0 rings (SSSR count). The third-order valence-corrected chi connectivity index (χ3v) is 4.86. The Bertz CT molecular complexity index is 405. The molecule has 7 nitrogen and oxygen atoms in total. The molecule has 1 amide bonds. The Morgan fingerprint density at radius 3 is 2.26 bits per heavy atom. The Kier molecular flexibility index (Phi) is 7.62. The Morgan fingerprint density at radius 2 is 1.79 bits per heavy atom. The van der Waals surface area contributed by atoms with Crippen LogP contribution < -0.4 is 5.32 Å². The molecule has 0 aliphatic rings. The van der Waals surface area contributed by atoms with Crippen LogP contribution in [0.3, 0.4) is 0 Å². The quantitative estimate of drug-likeness (QED) is 0.472. The van der Waals surface area contributed by atoms with Crippen molar-refractivity contribution < 1.29 is 27.5 Å². The fraction of sp³-hybridized carbons (Fsp3) is 0.818. The molecule has 0 aliphatic heterocycles. The number of nitrogens with one attached hydrogen (secondary N) is 1. The van der Waals surface area contributed by atoms with Crippen molar-refractivity contribution in [2.75, 3.05) is 33.1 Å². The molecule has 0 fully saturated rings. The molecule has 2 unspecified atom stereocenters. The minimum Gasteiger partial charge on any atom is -0.469 e. The first kappa shape index (κ1) is 17.8. The van der Waals surface area contributed by atoms with Crippen molar-refractivity contribution in [1.82, 2.24) is 5.32 Å². The van der Waals surface area contributed by atoms with Crippen molar-refractivity contribution >= 4 is 21.7 Å². The molecule has 0 aromatic rings. The van der Waals surface area contributed by atoms with Gasteiger partial charge in [0.15, 0.2) is 9.84 Å². The second-order valence-electron chi connectivity index (χ2n) is 4.18. The molecule has 0 aromatic carbocycles. The molecular weight excluding hydrogens is 274 g/mol. The van der Waals surface area contributed by atoms with Gasteiger partial charge in [-0.15, -0.1) is 0 Å². The zero-order chi connectivity index (χ0) is 15.1. The van der Waals surface area contributed by atoms with E-state index in [1.165, 1.54) is 28.1 Å². The van der Waals surface area contributed by atoms with E-state index in [2.05, 4.69) is 10.1 Å². The van der Waals surface area contributed by atoms with E-state index >= 15 is 0 Å². The maximum absolute atomic E-state index is 11.9. The highest BCUT2D eigenvalue weighted by atomic mass is 32.2. The molecule has 1 N–H and O–H groups in total. The highest BCUT2D eigenvalue weighted by Gasteiger charge is 2.31. The van der Waals surface area contributed by atoms with Gasteiger partial charge in [0.2, 0.25) is 5.91 Å². The number of sulfone groups is 1. The van der Waals surface area contributed by atoms with Crippen molar-refractivity contribution in [2.24, 2.45) is 5.92 Å². The van der Waals surface area contributed by atoms with Gasteiger partial charge < -0.3 is 14.8 Å². The molecular formula is C11H21NO6S. The molecule has 0 heterocycles. The maximum Gasteiger partial charge on any atom is 0.309 e. The van der Waals surface area contributed by atoms with Crippen LogP contribution in [-0.2, 0) is 28.9 Å². The van der Waals surface area contributed by atoms with Crippen LogP contribution >= 0.6 is 0 Å². The van der Waals surface area contributed by atoms with E-state index in [-0.39, 0.29) is 6.54 Å². The van der Waals surface area contributed by atoms with E-state index < -0.39 is 38.6 Å². The molecule has 0 saturated heterocycles. The lowest BCUT2D eigenvalue weighted by Crippen LogP contribution is -2.41. The first-order chi connectivity index (χ1) is 8.76. The van der Waals surface area contributed by atoms with E-state index in [1.54, 1.807) is 0 Å². The lowest BCUT2D eigenvalue weighted by atomic mass is 10.2. The molecule has 19 heavy (non-hydrogen) atoms. The molecule has 0 aliphatic carbocycles. The molecule has 0 saturated carbocycles. The number of esters is 1. The first-order valence-electron chi connectivity index (χ1n) is 5.82. The molecule has 0 spiro atoms. The van der Waals surface area contributed by atoms with Crippen molar-refractivity contribution in [3.63, 3.8) is 0 Å². The SMILES string of the molecule is COCCNC(=O)C(C)S(=O)(=O)CC(C)C(=O)OC. The first-order valence-corrected chi connectivity index (χ1v) is 7.53. The van der Waals surface area contributed by atoms with Crippen molar-refractivity contribution in [3.05, 3.63) is 0 Å². The monoisotopic (exact) mass is 295 g/mol. The van der Waals surface area contributed by atoms with Crippen LogP contribution in [0.4, 0.5) is 0 Å². The zero-order valence-corrected chi connectivity index (χ0v) is 12.5. The standard InChI is InChI=1S/C11H21NO6S/c1-8(11(14)18-4)7-19(15,16)9(2)10(13)12-5-6-17-3/h8-9H,5-7H2,1-4H3,(H,12,13). The van der Waals surface area contributed by atoms with Crippen molar-refractivity contribution in [3.8, 4) is 0 Å². The van der Waals surface area contributed by atoms with Gasteiger partial charge in [0.05, 0.1) is 25.4 Å². The minimum absolute atomic E-state index is 0.238. The molecule has 0 bridgehead atoms. The zero-order valence-electron chi connectivity index (χ0n) is 11.6. The highest BCUT2D eigenvalue weighted by Crippen LogP contribution is 2.09. The summed E-state index contributed by atoms with van der Waals surface area (Å²) in [6.07, 6.45) is 0. The van der Waals surface area contributed by atoms with Gasteiger partial charge in [-0.2, -0.15) is 0 Å². The Hall–Kier alpha value is -1.15. The summed E-state index contributed by atoms with van der Waals surface area (Å²) in [4.78, 5) is 22.8. The van der Waals surface area contributed by atoms with E-state index in [0.29, 0.717) is 6.61 Å². The van der Waals surface area contributed by atoms with Crippen molar-refractivity contribution in [2.45, 2.75) is 19.1 Å². The lowest BCUT2D eigenvalue weighted by Gasteiger charge is -2.15. The van der Waals surface area contributed by atoms with Crippen LogP contribution in [0.1, 0.15) is 13.8 Å². The number of hydrogen-bond donors (Lipinski definition) is 1. The summed E-state index contributed by atoms with van der Waals surface area (Å²) < 4.78 is 33.1. The van der Waals surface area contributed by atoms with Gasteiger partial charge in [0.25, 0.3) is 0 Å². The number of methoxy groups -OCH3 is 2. The second kappa shape index (κ2) is 8.11. The van der Waals surface area contributed by atoms with Crippen LogP contribution in [0.2, 0.25) is 0 Å². The van der Waals surface area contributed by atoms with Gasteiger partial charge in [0, 0.05) is 13.7 Å². The third kappa shape index (κ3) is 6.02. The average molecular weight is 295 g/mol. The maximum atomic E-state index is 11.9. The Morgan fingerprint density at radius 1 is 1.21 bits per heavy atom. The number of carbonyl (C=O) groups is 2. The third-order valence-electron chi connectivity index (χ3n) is 2.60. The smallest absolute Gasteiger partial charge is 0.309 e. The number of hydrogen-bond acceptors (Lipinski definition) is 6. The predicted molar refractivity (Wildman–Crippen MR) is 69.3 cm³/mol. The van der Waals surface area contributed by atoms with Gasteiger partial charge in [-0.1, -0.05) is 6.92 Å². The van der Waals surface area contributed by atoms with E-state index in [0.717, 1.165) is 0 Å². The van der Waals surface area contributed by atoms with Gasteiger partial charge in [0.1, 0.15) is 5.25 Å². The van der Waals surface area contributed by atoms with Crippen LogP contribution in [0.25, 0.3) is 0 Å². The van der Waals surface area contributed by atoms with E-state index in [1.807, 2.05) is 0 Å². The predicted octanol–water partition coefficient (Wildman–Crippen LogP) is -0.639. The Balaban J connectivity index is 4.55. The van der Waals surface area contributed by atoms with Gasteiger partial charge in [-0.25, -0.2) is 8.42 Å². The highest BCUT2D eigenvalue weighted by molar-refractivity contribution is 7.92. The van der Waals surface area contributed by atoms with Crippen LogP contribution in [0.5, 0.6) is 0 Å². The number of ether oxygens (including phenoxy) is 2. The average Bonchev–Trinajstić information content (AvgIpc) is 2.36. The summed E-state index contributed by atoms with van der Waals surface area (Å²) in [5.41, 5.74) is 0. The minimum atomic E-state index is -3.70. The number of rotatable bonds is 8. The largest absolute Gasteiger partial charge is 0.469 e. The summed E-state index contributed by atoms with van der Waals surface area (Å²) in [5.74, 6) is -2.44. The topological polar surface area (TPSA) is 98.8 Å². The van der Waals surface area contributed by atoms with E-state index in [9.17, 15) is 18.0 Å². The fourth-order valence-electron chi connectivity index (χ4n) is 1.35. The van der Waals surface area contributed by atoms with Crippen LogP contribution in [-0.4, -0.2) is 58.7 Å². The summed E-state index contributed by atoms with van der Waals surface area (Å²) in [6.45, 7) is 3.28. The number of carbonyl (C=O) groups excluding carboxylic acids is 2. The summed E-state index contributed by atoms with van der Waals surface area (Å²) in [7, 11) is -1.04. The molecule has 0 aromatic heterocycles. The van der Waals surface area contributed by atoms with Gasteiger partial charge in [-0.05, 0) is 6.92 Å². The summed E-state index contributed by atoms with van der Waals surface area (Å²) in [6, 6.07) is 0. The van der Waals surface area contributed by atoms with Crippen LogP contribution in [0.15, 0.2) is 0 Å². The number of amides is 1. The van der Waals surface area contributed by atoms with Crippen LogP contribution in [0, 0.1) is 5.92 Å². The summed E-state index contributed by atoms with van der Waals surface area (Å²) in [5, 5.41) is 1.24. The van der Waals surface area contributed by atoms with Gasteiger partial charge in [-0.3, -0.25) is 9.59 Å². The molecule has 112 valence electrons. The van der Waals surface area contributed by atoms with E-state index in [4.69, 9.17) is 4.74 Å². The molecule has 2 atom stereocenters. The fourth-order valence-corrected chi connectivity index (χ4v) is 2.88. The molecule has 0 radical (unpaired) electrons. The molecule has 8 heteroatoms. The normalized spacial score (nSPS) is 14.5. The second-order valence-corrected chi connectivity index (χ2v) is 6.55. The van der Waals surface area contributed by atoms with Crippen molar-refractivity contribution in [1.29, 1.82) is 0 Å². The van der Waals surface area contributed by atoms with Gasteiger partial charge >= 0.3 is 5.97 Å². The Labute approximate surface area is 113 Å². The summed E-state index contributed by atoms with van der Waals surface area (Å²) >= 11 is 0.